The Labute approximate surface area is 162 Å². The van der Waals surface area contributed by atoms with Crippen molar-refractivity contribution in [3.05, 3.63) is 29.8 Å². The van der Waals surface area contributed by atoms with Gasteiger partial charge in [-0.15, -0.1) is 13.2 Å². The number of halogens is 3. The molecule has 0 bridgehead atoms. The van der Waals surface area contributed by atoms with Crippen LogP contribution in [0.2, 0.25) is 0 Å². The third-order valence-electron chi connectivity index (χ3n) is 5.28. The highest BCUT2D eigenvalue weighted by Gasteiger charge is 2.54. The summed E-state index contributed by atoms with van der Waals surface area (Å²) in [5, 5.41) is 6.15. The lowest BCUT2D eigenvalue weighted by molar-refractivity contribution is -0.274. The zero-order valence-electron chi connectivity index (χ0n) is 15.8. The average Bonchev–Trinajstić information content (AvgIpc) is 3.06. The molecule has 28 heavy (non-hydrogen) atoms. The maximum Gasteiger partial charge on any atom is 0.573 e. The topological polar surface area (TPSA) is 62.8 Å². The quantitative estimate of drug-likeness (QED) is 0.584. The number of carbonyl (C=O) groups is 1. The standard InChI is InChI=1S/C19H26F3N3O3/c1-27-6-5-24-18(26)12-25-10-16-15(17(16)11-25)9-23-8-13-3-2-4-14(7-13)28-19(20,21)22/h2-4,7,15-17,23H,5-6,8-12H2,1H3,(H,24,26). The normalized spacial score (nSPS) is 24.1. The van der Waals surface area contributed by atoms with Gasteiger partial charge < -0.3 is 20.1 Å². The summed E-state index contributed by atoms with van der Waals surface area (Å²) in [6, 6.07) is 6.02. The fourth-order valence-corrected chi connectivity index (χ4v) is 3.96. The van der Waals surface area contributed by atoms with Crippen LogP contribution in [0.1, 0.15) is 5.56 Å². The Morgan fingerprint density at radius 3 is 2.71 bits per heavy atom. The molecule has 1 amide bonds. The maximum absolute atomic E-state index is 12.3. The molecule has 1 aromatic carbocycles. The van der Waals surface area contributed by atoms with Crippen LogP contribution >= 0.6 is 0 Å². The van der Waals surface area contributed by atoms with E-state index in [1.165, 1.54) is 12.1 Å². The minimum Gasteiger partial charge on any atom is -0.406 e. The number of piperidine rings is 1. The molecule has 1 aliphatic carbocycles. The number of nitrogens with zero attached hydrogens (tertiary/aromatic N) is 1. The average molecular weight is 401 g/mol. The molecule has 0 aromatic heterocycles. The van der Waals surface area contributed by atoms with Crippen molar-refractivity contribution < 1.29 is 27.4 Å². The number of hydrogen-bond acceptors (Lipinski definition) is 5. The van der Waals surface area contributed by atoms with Gasteiger partial charge in [0, 0.05) is 33.3 Å². The summed E-state index contributed by atoms with van der Waals surface area (Å²) in [5.74, 6) is 1.59. The van der Waals surface area contributed by atoms with Crippen LogP contribution < -0.4 is 15.4 Å². The molecule has 1 aromatic rings. The van der Waals surface area contributed by atoms with Crippen LogP contribution in [0, 0.1) is 17.8 Å². The fourth-order valence-electron chi connectivity index (χ4n) is 3.96. The van der Waals surface area contributed by atoms with E-state index in [-0.39, 0.29) is 11.7 Å². The molecule has 2 fully saturated rings. The second-order valence-electron chi connectivity index (χ2n) is 7.35. The van der Waals surface area contributed by atoms with Crippen LogP contribution in [-0.4, -0.2) is 63.6 Å². The van der Waals surface area contributed by atoms with Crippen LogP contribution in [-0.2, 0) is 16.1 Å². The Kier molecular flexibility index (Phi) is 6.79. The lowest BCUT2D eigenvalue weighted by Crippen LogP contribution is -2.39. The van der Waals surface area contributed by atoms with Crippen molar-refractivity contribution in [3.63, 3.8) is 0 Å². The SMILES string of the molecule is COCCNC(=O)CN1CC2C(CNCc3cccc(OC(F)(F)F)c3)C2C1. The van der Waals surface area contributed by atoms with Crippen LogP contribution in [0.4, 0.5) is 13.2 Å². The highest BCUT2D eigenvalue weighted by atomic mass is 19.4. The van der Waals surface area contributed by atoms with E-state index in [0.29, 0.717) is 44.0 Å². The Bertz CT molecular complexity index is 659. The largest absolute Gasteiger partial charge is 0.573 e. The smallest absolute Gasteiger partial charge is 0.406 e. The van der Waals surface area contributed by atoms with Crippen molar-refractivity contribution in [2.75, 3.05) is 46.4 Å². The molecule has 1 saturated heterocycles. The second-order valence-corrected chi connectivity index (χ2v) is 7.35. The molecule has 0 spiro atoms. The summed E-state index contributed by atoms with van der Waals surface area (Å²) in [5.41, 5.74) is 0.752. The highest BCUT2D eigenvalue weighted by molar-refractivity contribution is 5.78. The van der Waals surface area contributed by atoms with Crippen LogP contribution in [0.15, 0.2) is 24.3 Å². The number of nitrogens with one attached hydrogen (secondary N) is 2. The van der Waals surface area contributed by atoms with Crippen LogP contribution in [0.5, 0.6) is 5.75 Å². The van der Waals surface area contributed by atoms with Gasteiger partial charge in [0.15, 0.2) is 0 Å². The first kappa shape index (κ1) is 20.9. The molecule has 2 unspecified atom stereocenters. The molecular weight excluding hydrogens is 375 g/mol. The predicted molar refractivity (Wildman–Crippen MR) is 96.6 cm³/mol. The monoisotopic (exact) mass is 401 g/mol. The molecular formula is C19H26F3N3O3. The molecule has 0 radical (unpaired) electrons. The van der Waals surface area contributed by atoms with Crippen molar-refractivity contribution in [2.45, 2.75) is 12.9 Å². The zero-order valence-corrected chi connectivity index (χ0v) is 15.8. The third kappa shape index (κ3) is 6.08. The van der Waals surface area contributed by atoms with Gasteiger partial charge in [-0.1, -0.05) is 12.1 Å². The predicted octanol–water partition coefficient (Wildman–Crippen LogP) is 1.62. The Hall–Kier alpha value is -1.84. The number of benzene rings is 1. The molecule has 156 valence electrons. The maximum atomic E-state index is 12.3. The van der Waals surface area contributed by atoms with Gasteiger partial charge in [-0.25, -0.2) is 0 Å². The number of hydrogen-bond donors (Lipinski definition) is 2. The van der Waals surface area contributed by atoms with Gasteiger partial charge in [0.1, 0.15) is 5.75 Å². The van der Waals surface area contributed by atoms with E-state index in [0.717, 1.165) is 25.2 Å². The minimum absolute atomic E-state index is 0.0222. The summed E-state index contributed by atoms with van der Waals surface area (Å²) < 4.78 is 45.7. The summed E-state index contributed by atoms with van der Waals surface area (Å²) in [6.45, 7) is 4.62. The number of methoxy groups -OCH3 is 1. The number of amides is 1. The molecule has 1 aliphatic heterocycles. The van der Waals surface area contributed by atoms with Gasteiger partial charge in [0.05, 0.1) is 13.2 Å². The number of carbonyl (C=O) groups excluding carboxylic acids is 1. The van der Waals surface area contributed by atoms with E-state index < -0.39 is 6.36 Å². The molecule has 2 aliphatic rings. The van der Waals surface area contributed by atoms with Crippen molar-refractivity contribution in [3.8, 4) is 5.75 Å². The van der Waals surface area contributed by atoms with Crippen molar-refractivity contribution in [2.24, 2.45) is 17.8 Å². The first-order valence-electron chi connectivity index (χ1n) is 9.39. The van der Waals surface area contributed by atoms with E-state index in [1.54, 1.807) is 19.2 Å². The van der Waals surface area contributed by atoms with Gasteiger partial charge in [-0.2, -0.15) is 0 Å². The second kappa shape index (κ2) is 9.11. The lowest BCUT2D eigenvalue weighted by Gasteiger charge is -2.19. The first-order valence-corrected chi connectivity index (χ1v) is 9.39. The van der Waals surface area contributed by atoms with E-state index in [1.807, 2.05) is 0 Å². The molecule has 2 N–H and O–H groups in total. The Morgan fingerprint density at radius 2 is 2.04 bits per heavy atom. The van der Waals surface area contributed by atoms with E-state index >= 15 is 0 Å². The Morgan fingerprint density at radius 1 is 1.29 bits per heavy atom. The molecule has 1 heterocycles. The lowest BCUT2D eigenvalue weighted by atomic mass is 10.2. The summed E-state index contributed by atoms with van der Waals surface area (Å²) >= 11 is 0. The summed E-state index contributed by atoms with van der Waals surface area (Å²) in [7, 11) is 1.60. The number of alkyl halides is 3. The van der Waals surface area contributed by atoms with E-state index in [4.69, 9.17) is 4.74 Å². The fraction of sp³-hybridized carbons (Fsp3) is 0.632. The van der Waals surface area contributed by atoms with Gasteiger partial charge in [0.25, 0.3) is 0 Å². The van der Waals surface area contributed by atoms with Gasteiger partial charge in [-0.3, -0.25) is 9.69 Å². The summed E-state index contributed by atoms with van der Waals surface area (Å²) in [4.78, 5) is 14.0. The third-order valence-corrected chi connectivity index (χ3v) is 5.28. The van der Waals surface area contributed by atoms with E-state index in [9.17, 15) is 18.0 Å². The van der Waals surface area contributed by atoms with Gasteiger partial charge in [0.2, 0.25) is 5.91 Å². The number of ether oxygens (including phenoxy) is 2. The first-order chi connectivity index (χ1) is 13.4. The van der Waals surface area contributed by atoms with Crippen molar-refractivity contribution in [1.82, 2.24) is 15.5 Å². The molecule has 9 heteroatoms. The number of likely N-dealkylation sites (tertiary alicyclic amines) is 1. The molecule has 6 nitrogen and oxygen atoms in total. The van der Waals surface area contributed by atoms with Crippen LogP contribution in [0.3, 0.4) is 0 Å². The van der Waals surface area contributed by atoms with Crippen LogP contribution in [0.25, 0.3) is 0 Å². The number of fused-ring (bicyclic) bond motifs is 1. The zero-order chi connectivity index (χ0) is 20.1. The number of rotatable bonds is 10. The minimum atomic E-state index is -4.68. The Balaban J connectivity index is 1.32. The molecule has 2 atom stereocenters. The van der Waals surface area contributed by atoms with Gasteiger partial charge in [-0.05, 0) is 42.0 Å². The van der Waals surface area contributed by atoms with Gasteiger partial charge >= 0.3 is 6.36 Å². The van der Waals surface area contributed by atoms with Crippen molar-refractivity contribution in [1.29, 1.82) is 0 Å². The van der Waals surface area contributed by atoms with E-state index in [2.05, 4.69) is 20.3 Å². The molecule has 3 rings (SSSR count). The van der Waals surface area contributed by atoms with Crippen molar-refractivity contribution >= 4 is 5.91 Å². The highest BCUT2D eigenvalue weighted by Crippen LogP contribution is 2.51. The summed E-state index contributed by atoms with van der Waals surface area (Å²) in [6.07, 6.45) is -4.68. The molecule has 1 saturated carbocycles.